The van der Waals surface area contributed by atoms with Gasteiger partial charge in [-0.05, 0) is 37.3 Å². The van der Waals surface area contributed by atoms with E-state index in [4.69, 9.17) is 16.3 Å². The molecule has 26 heavy (non-hydrogen) atoms. The molecule has 3 rings (SSSR count). The maximum Gasteiger partial charge on any atom is 0.352 e. The van der Waals surface area contributed by atoms with Gasteiger partial charge in [0.1, 0.15) is 11.4 Å². The number of carboxylic acid groups (broad SMARTS) is 1. The van der Waals surface area contributed by atoms with Crippen molar-refractivity contribution >= 4 is 40.1 Å². The minimum atomic E-state index is -1.13. The number of halogens is 1. The molecule has 1 amide bonds. The Morgan fingerprint density at radius 3 is 2.73 bits per heavy atom. The van der Waals surface area contributed by atoms with Crippen molar-refractivity contribution in [2.45, 2.75) is 13.3 Å². The molecular formula is C19H17ClN2O4. The zero-order valence-electron chi connectivity index (χ0n) is 14.0. The van der Waals surface area contributed by atoms with Crippen LogP contribution < -0.4 is 10.1 Å². The predicted molar refractivity (Wildman–Crippen MR) is 100 cm³/mol. The highest BCUT2D eigenvalue weighted by Crippen LogP contribution is 2.28. The molecule has 2 aromatic carbocycles. The first kappa shape index (κ1) is 17.8. The number of H-pyrrole nitrogens is 1. The number of hydrogen-bond donors (Lipinski definition) is 3. The third-order valence-corrected chi connectivity index (χ3v) is 4.12. The van der Waals surface area contributed by atoms with Crippen molar-refractivity contribution in [1.29, 1.82) is 0 Å². The van der Waals surface area contributed by atoms with Crippen LogP contribution in [-0.2, 0) is 11.2 Å². The van der Waals surface area contributed by atoms with E-state index in [1.807, 2.05) is 13.0 Å². The van der Waals surface area contributed by atoms with Crippen LogP contribution in [-0.4, -0.2) is 28.6 Å². The molecule has 0 aliphatic heterocycles. The SMILES string of the molecule is CCOc1ccccc1NC(=O)Cc1c(C(=O)O)[nH]c2ccc(Cl)cc12. The van der Waals surface area contributed by atoms with E-state index in [9.17, 15) is 14.7 Å². The average Bonchev–Trinajstić information content (AvgIpc) is 2.95. The minimum Gasteiger partial charge on any atom is -0.492 e. The van der Waals surface area contributed by atoms with E-state index in [0.717, 1.165) is 0 Å². The first-order valence-electron chi connectivity index (χ1n) is 8.04. The Labute approximate surface area is 154 Å². The van der Waals surface area contributed by atoms with Gasteiger partial charge in [0.05, 0.1) is 18.7 Å². The Bertz CT molecular complexity index is 981. The molecule has 0 aliphatic rings. The third-order valence-electron chi connectivity index (χ3n) is 3.88. The molecule has 6 nitrogen and oxygen atoms in total. The average molecular weight is 373 g/mol. The number of amides is 1. The maximum absolute atomic E-state index is 12.5. The van der Waals surface area contributed by atoms with Gasteiger partial charge in [0.25, 0.3) is 0 Å². The minimum absolute atomic E-state index is 0.0180. The second kappa shape index (κ2) is 7.49. The Balaban J connectivity index is 1.91. The molecule has 0 bridgehead atoms. The van der Waals surface area contributed by atoms with Gasteiger partial charge in [0, 0.05) is 21.5 Å². The van der Waals surface area contributed by atoms with Crippen LogP contribution in [0.15, 0.2) is 42.5 Å². The highest BCUT2D eigenvalue weighted by atomic mass is 35.5. The van der Waals surface area contributed by atoms with Gasteiger partial charge < -0.3 is 20.1 Å². The van der Waals surface area contributed by atoms with Gasteiger partial charge in [-0.1, -0.05) is 23.7 Å². The van der Waals surface area contributed by atoms with Gasteiger partial charge in [-0.15, -0.1) is 0 Å². The van der Waals surface area contributed by atoms with Gasteiger partial charge in [0.15, 0.2) is 0 Å². The summed E-state index contributed by atoms with van der Waals surface area (Å²) in [7, 11) is 0. The molecule has 3 N–H and O–H groups in total. The van der Waals surface area contributed by atoms with Crippen LogP contribution in [0.3, 0.4) is 0 Å². The normalized spacial score (nSPS) is 10.7. The fraction of sp³-hybridized carbons (Fsp3) is 0.158. The molecule has 1 aromatic heterocycles. The lowest BCUT2D eigenvalue weighted by Crippen LogP contribution is -2.16. The van der Waals surface area contributed by atoms with Crippen molar-refractivity contribution in [2.75, 3.05) is 11.9 Å². The van der Waals surface area contributed by atoms with E-state index < -0.39 is 5.97 Å². The summed E-state index contributed by atoms with van der Waals surface area (Å²) in [6.45, 7) is 2.32. The Morgan fingerprint density at radius 1 is 1.23 bits per heavy atom. The summed E-state index contributed by atoms with van der Waals surface area (Å²) in [5.41, 5.74) is 1.52. The van der Waals surface area contributed by atoms with Crippen molar-refractivity contribution in [3.05, 3.63) is 58.7 Å². The quantitative estimate of drug-likeness (QED) is 0.607. The lowest BCUT2D eigenvalue weighted by molar-refractivity contribution is -0.115. The fourth-order valence-corrected chi connectivity index (χ4v) is 2.96. The number of rotatable bonds is 6. The van der Waals surface area contributed by atoms with Gasteiger partial charge in [0.2, 0.25) is 5.91 Å². The molecule has 0 aliphatic carbocycles. The summed E-state index contributed by atoms with van der Waals surface area (Å²) in [5, 5.41) is 13.3. The fourth-order valence-electron chi connectivity index (χ4n) is 2.79. The predicted octanol–water partition coefficient (Wildman–Crippen LogP) is 4.10. The molecule has 7 heteroatoms. The Morgan fingerprint density at radius 2 is 2.00 bits per heavy atom. The summed E-state index contributed by atoms with van der Waals surface area (Å²) in [6, 6.07) is 12.1. The molecule has 0 unspecified atom stereocenters. The van der Waals surface area contributed by atoms with Crippen LogP contribution in [0.5, 0.6) is 5.75 Å². The number of hydrogen-bond acceptors (Lipinski definition) is 3. The topological polar surface area (TPSA) is 91.4 Å². The highest BCUT2D eigenvalue weighted by Gasteiger charge is 2.20. The number of ether oxygens (including phenoxy) is 1. The number of para-hydroxylation sites is 2. The number of aromatic carboxylic acids is 1. The van der Waals surface area contributed by atoms with E-state index >= 15 is 0 Å². The molecular weight excluding hydrogens is 356 g/mol. The molecule has 0 atom stereocenters. The molecule has 134 valence electrons. The van der Waals surface area contributed by atoms with E-state index in [0.29, 0.717) is 39.5 Å². The lowest BCUT2D eigenvalue weighted by Gasteiger charge is -2.11. The monoisotopic (exact) mass is 372 g/mol. The maximum atomic E-state index is 12.5. The van der Waals surface area contributed by atoms with Crippen molar-refractivity contribution in [2.24, 2.45) is 0 Å². The largest absolute Gasteiger partial charge is 0.492 e. The second-order valence-electron chi connectivity index (χ2n) is 5.63. The van der Waals surface area contributed by atoms with E-state index in [1.165, 1.54) is 0 Å². The van der Waals surface area contributed by atoms with Crippen LogP contribution in [0.4, 0.5) is 5.69 Å². The van der Waals surface area contributed by atoms with Crippen molar-refractivity contribution < 1.29 is 19.4 Å². The number of fused-ring (bicyclic) bond motifs is 1. The zero-order valence-corrected chi connectivity index (χ0v) is 14.8. The van der Waals surface area contributed by atoms with E-state index in [1.54, 1.807) is 36.4 Å². The molecule has 3 aromatic rings. The number of aromatic nitrogens is 1. The molecule has 0 saturated heterocycles. The number of aromatic amines is 1. The van der Waals surface area contributed by atoms with E-state index in [-0.39, 0.29) is 18.0 Å². The molecule has 0 spiro atoms. The lowest BCUT2D eigenvalue weighted by atomic mass is 10.1. The summed E-state index contributed by atoms with van der Waals surface area (Å²) in [6.07, 6.45) is -0.109. The van der Waals surface area contributed by atoms with Crippen LogP contribution in [0.25, 0.3) is 10.9 Å². The van der Waals surface area contributed by atoms with Crippen LogP contribution in [0.2, 0.25) is 5.02 Å². The number of carbonyl (C=O) groups is 2. The number of nitrogens with one attached hydrogen (secondary N) is 2. The van der Waals surface area contributed by atoms with Crippen molar-refractivity contribution in [1.82, 2.24) is 4.98 Å². The van der Waals surface area contributed by atoms with Crippen LogP contribution >= 0.6 is 11.6 Å². The second-order valence-corrected chi connectivity index (χ2v) is 6.06. The van der Waals surface area contributed by atoms with E-state index in [2.05, 4.69) is 10.3 Å². The highest BCUT2D eigenvalue weighted by molar-refractivity contribution is 6.31. The molecule has 0 fully saturated rings. The summed E-state index contributed by atoms with van der Waals surface area (Å²) in [4.78, 5) is 26.9. The zero-order chi connectivity index (χ0) is 18.7. The van der Waals surface area contributed by atoms with Crippen molar-refractivity contribution in [3.63, 3.8) is 0 Å². The summed E-state index contributed by atoms with van der Waals surface area (Å²) in [5.74, 6) is -0.917. The number of anilines is 1. The first-order valence-corrected chi connectivity index (χ1v) is 8.42. The van der Waals surface area contributed by atoms with Gasteiger partial charge in [-0.3, -0.25) is 4.79 Å². The van der Waals surface area contributed by atoms with Crippen LogP contribution in [0, 0.1) is 0 Å². The van der Waals surface area contributed by atoms with Crippen LogP contribution in [0.1, 0.15) is 23.0 Å². The van der Waals surface area contributed by atoms with Gasteiger partial charge in [-0.2, -0.15) is 0 Å². The van der Waals surface area contributed by atoms with Crippen molar-refractivity contribution in [3.8, 4) is 5.75 Å². The standard InChI is InChI=1S/C19H17ClN2O4/c1-2-26-16-6-4-3-5-15(16)21-17(23)10-13-12-9-11(20)7-8-14(12)22-18(13)19(24)25/h3-9,22H,2,10H2,1H3,(H,21,23)(H,24,25). The third kappa shape index (κ3) is 3.65. The van der Waals surface area contributed by atoms with Gasteiger partial charge in [-0.25, -0.2) is 4.79 Å². The Kier molecular flexibility index (Phi) is 5.14. The Hall–Kier alpha value is -2.99. The first-order chi connectivity index (χ1) is 12.5. The smallest absolute Gasteiger partial charge is 0.352 e. The number of carbonyl (C=O) groups excluding carboxylic acids is 1. The molecule has 0 saturated carbocycles. The molecule has 0 radical (unpaired) electrons. The number of benzene rings is 2. The number of carboxylic acids is 1. The molecule has 1 heterocycles. The van der Waals surface area contributed by atoms with Gasteiger partial charge >= 0.3 is 5.97 Å². The summed E-state index contributed by atoms with van der Waals surface area (Å²) < 4.78 is 5.49. The summed E-state index contributed by atoms with van der Waals surface area (Å²) >= 11 is 6.02.